The van der Waals surface area contributed by atoms with Crippen LogP contribution in [0.2, 0.25) is 0 Å². The van der Waals surface area contributed by atoms with E-state index in [1.54, 1.807) is 0 Å². The van der Waals surface area contributed by atoms with Gasteiger partial charge in [0, 0.05) is 5.92 Å². The van der Waals surface area contributed by atoms with Crippen molar-refractivity contribution in [1.29, 1.82) is 10.8 Å². The molecule has 0 radical (unpaired) electrons. The van der Waals surface area contributed by atoms with Gasteiger partial charge in [-0.1, -0.05) is 61.2 Å². The lowest BCUT2D eigenvalue weighted by atomic mass is 9.89. The van der Waals surface area contributed by atoms with E-state index in [1.165, 1.54) is 5.56 Å². The van der Waals surface area contributed by atoms with E-state index in [9.17, 15) is 0 Å². The molecule has 1 aliphatic rings. The molecular weight excluding hydrogens is 240 g/mol. The predicted octanol–water partition coefficient (Wildman–Crippen LogP) is 3.25. The van der Waals surface area contributed by atoms with Gasteiger partial charge >= 0.3 is 0 Å². The maximum Gasteiger partial charge on any atom is 0.231 e. The number of hydrogen-bond acceptors (Lipinski definition) is 4. The van der Waals surface area contributed by atoms with Gasteiger partial charge in [0.15, 0.2) is 0 Å². The van der Waals surface area contributed by atoms with E-state index >= 15 is 0 Å². The monoisotopic (exact) mass is 254 g/mol. The summed E-state index contributed by atoms with van der Waals surface area (Å²) in [6.07, 6.45) is 9.85. The van der Waals surface area contributed by atoms with Crippen LogP contribution in [-0.2, 0) is 9.59 Å². The summed E-state index contributed by atoms with van der Waals surface area (Å²) in [6.45, 7) is 4.03. The molecule has 96 valence electrons. The molecule has 2 rings (SSSR count). The highest BCUT2D eigenvalue weighted by atomic mass is 16.1. The molecule has 4 nitrogen and oxygen atoms in total. The smallest absolute Gasteiger partial charge is 0.222 e. The molecule has 1 aromatic rings. The first-order chi connectivity index (χ1) is 9.21. The molecule has 0 heterocycles. The zero-order chi connectivity index (χ0) is 14.5. The summed E-state index contributed by atoms with van der Waals surface area (Å²) in [4.78, 5) is 16.7. The Morgan fingerprint density at radius 1 is 1.00 bits per heavy atom. The van der Waals surface area contributed by atoms with E-state index in [2.05, 4.69) is 49.1 Å². The summed E-state index contributed by atoms with van der Waals surface area (Å²) in [5.74, 6) is 0.367. The van der Waals surface area contributed by atoms with Crippen LogP contribution in [0.5, 0.6) is 0 Å². The average molecular weight is 254 g/mol. The van der Waals surface area contributed by atoms with Crippen LogP contribution in [0, 0.1) is 10.8 Å². The topological polar surface area (TPSA) is 81.8 Å². The van der Waals surface area contributed by atoms with Crippen molar-refractivity contribution in [2.75, 3.05) is 0 Å². The second-order valence-electron chi connectivity index (χ2n) is 3.41. The minimum atomic E-state index is 0.367. The van der Waals surface area contributed by atoms with Crippen LogP contribution >= 0.6 is 0 Å². The standard InChI is InChI=1S/C13H12.2CHNO/c1-11-7-5-6-10-13(11)12-8-3-2-4-9-12;2*2-1-3/h2-10,13H,1H2;2*2H. The number of carbonyl (C=O) groups excluding carboxylic acids is 2. The van der Waals surface area contributed by atoms with E-state index < -0.39 is 0 Å². The number of allylic oxidation sites excluding steroid dienone is 5. The fourth-order valence-corrected chi connectivity index (χ4v) is 1.57. The average Bonchev–Trinajstić information content (AvgIpc) is 2.42. The van der Waals surface area contributed by atoms with Crippen LogP contribution in [0.1, 0.15) is 11.5 Å². The molecule has 19 heavy (non-hydrogen) atoms. The Labute approximate surface area is 111 Å². The van der Waals surface area contributed by atoms with E-state index in [0.29, 0.717) is 5.92 Å². The van der Waals surface area contributed by atoms with Gasteiger partial charge in [-0.05, 0) is 11.1 Å². The van der Waals surface area contributed by atoms with E-state index in [1.807, 2.05) is 12.1 Å². The molecule has 0 fully saturated rings. The van der Waals surface area contributed by atoms with Gasteiger partial charge in [-0.15, -0.1) is 0 Å². The van der Waals surface area contributed by atoms with Crippen LogP contribution in [-0.4, -0.2) is 12.2 Å². The van der Waals surface area contributed by atoms with Crippen molar-refractivity contribution in [2.45, 2.75) is 5.92 Å². The number of rotatable bonds is 1. The van der Waals surface area contributed by atoms with Crippen molar-refractivity contribution in [3.63, 3.8) is 0 Å². The Morgan fingerprint density at radius 3 is 2.00 bits per heavy atom. The lowest BCUT2D eigenvalue weighted by Gasteiger charge is -2.15. The van der Waals surface area contributed by atoms with Crippen molar-refractivity contribution in [3.8, 4) is 0 Å². The molecule has 2 N–H and O–H groups in total. The molecule has 1 unspecified atom stereocenters. The van der Waals surface area contributed by atoms with Crippen molar-refractivity contribution >= 4 is 12.2 Å². The molecule has 0 saturated carbocycles. The Kier molecular flexibility index (Phi) is 8.83. The normalized spacial score (nSPS) is 14.9. The lowest BCUT2D eigenvalue weighted by Crippen LogP contribution is -1.98. The zero-order valence-corrected chi connectivity index (χ0v) is 10.3. The third-order valence-electron chi connectivity index (χ3n) is 2.28. The second-order valence-corrected chi connectivity index (χ2v) is 3.41. The fraction of sp³-hybridized carbons (Fsp3) is 0.0667. The van der Waals surface area contributed by atoms with Gasteiger partial charge in [0.1, 0.15) is 0 Å². The molecule has 0 spiro atoms. The molecule has 4 heteroatoms. The van der Waals surface area contributed by atoms with E-state index in [0.717, 1.165) is 17.7 Å². The highest BCUT2D eigenvalue weighted by Gasteiger charge is 2.10. The van der Waals surface area contributed by atoms with Gasteiger partial charge in [-0.2, -0.15) is 0 Å². The first-order valence-corrected chi connectivity index (χ1v) is 5.37. The Hall–Kier alpha value is -2.80. The van der Waals surface area contributed by atoms with E-state index in [4.69, 9.17) is 20.4 Å². The molecule has 1 aromatic carbocycles. The quantitative estimate of drug-likeness (QED) is 0.595. The van der Waals surface area contributed by atoms with Gasteiger partial charge in [0.25, 0.3) is 0 Å². The number of nitrogens with one attached hydrogen (secondary N) is 2. The summed E-state index contributed by atoms with van der Waals surface area (Å²) in [6, 6.07) is 10.4. The summed E-state index contributed by atoms with van der Waals surface area (Å²) < 4.78 is 0. The largest absolute Gasteiger partial charge is 0.231 e. The SMILES string of the molecule is C=C1C=CC=CC1c1ccccc1.N=C=O.N=C=O. The summed E-state index contributed by atoms with van der Waals surface area (Å²) in [7, 11) is 0. The lowest BCUT2D eigenvalue weighted by molar-refractivity contribution is 0.562. The van der Waals surface area contributed by atoms with Gasteiger partial charge in [-0.25, -0.2) is 20.4 Å². The molecule has 0 aromatic heterocycles. The molecule has 1 aliphatic carbocycles. The van der Waals surface area contributed by atoms with Crippen LogP contribution in [0.15, 0.2) is 66.8 Å². The molecule has 0 saturated heterocycles. The fourth-order valence-electron chi connectivity index (χ4n) is 1.57. The highest BCUT2D eigenvalue weighted by Crippen LogP contribution is 2.27. The van der Waals surface area contributed by atoms with Crippen LogP contribution in [0.3, 0.4) is 0 Å². The molecule has 0 amide bonds. The second kappa shape index (κ2) is 10.4. The summed E-state index contributed by atoms with van der Waals surface area (Å²) >= 11 is 0. The highest BCUT2D eigenvalue weighted by molar-refractivity contribution is 5.42. The van der Waals surface area contributed by atoms with Crippen LogP contribution < -0.4 is 0 Å². The third-order valence-corrected chi connectivity index (χ3v) is 2.28. The number of isocyanates is 2. The van der Waals surface area contributed by atoms with E-state index in [-0.39, 0.29) is 0 Å². The first kappa shape index (κ1) is 16.2. The van der Waals surface area contributed by atoms with Gasteiger partial charge in [-0.3, -0.25) is 0 Å². The first-order valence-electron chi connectivity index (χ1n) is 5.37. The van der Waals surface area contributed by atoms with Gasteiger partial charge < -0.3 is 0 Å². The Bertz CT molecular complexity index is 506. The minimum absolute atomic E-state index is 0.367. The van der Waals surface area contributed by atoms with Gasteiger partial charge in [0.05, 0.1) is 0 Å². The van der Waals surface area contributed by atoms with Crippen molar-refractivity contribution in [1.82, 2.24) is 0 Å². The molecular formula is C15H14N2O2. The minimum Gasteiger partial charge on any atom is -0.222 e. The van der Waals surface area contributed by atoms with Crippen molar-refractivity contribution < 1.29 is 9.59 Å². The van der Waals surface area contributed by atoms with Gasteiger partial charge in [0.2, 0.25) is 12.2 Å². The number of benzene rings is 1. The molecule has 1 atom stereocenters. The third kappa shape index (κ3) is 6.49. The van der Waals surface area contributed by atoms with Crippen LogP contribution in [0.4, 0.5) is 0 Å². The Balaban J connectivity index is 0.000000465. The Morgan fingerprint density at radius 2 is 1.53 bits per heavy atom. The maximum atomic E-state index is 8.35. The van der Waals surface area contributed by atoms with Crippen molar-refractivity contribution in [3.05, 3.63) is 72.4 Å². The summed E-state index contributed by atoms with van der Waals surface area (Å²) in [5.41, 5.74) is 2.47. The summed E-state index contributed by atoms with van der Waals surface area (Å²) in [5, 5.41) is 10.8. The maximum absolute atomic E-state index is 8.35. The van der Waals surface area contributed by atoms with Crippen molar-refractivity contribution in [2.24, 2.45) is 0 Å². The zero-order valence-electron chi connectivity index (χ0n) is 10.3. The molecule has 0 aliphatic heterocycles. The number of hydrogen-bond donors (Lipinski definition) is 2. The van der Waals surface area contributed by atoms with Crippen LogP contribution in [0.25, 0.3) is 0 Å². The predicted molar refractivity (Wildman–Crippen MR) is 73.4 cm³/mol. The molecule has 0 bridgehead atoms.